The number of para-hydroxylation sites is 1. The lowest BCUT2D eigenvalue weighted by Gasteiger charge is -2.18. The zero-order valence-electron chi connectivity index (χ0n) is 6.80. The van der Waals surface area contributed by atoms with Gasteiger partial charge in [-0.3, -0.25) is 0 Å². The highest BCUT2D eigenvalue weighted by atomic mass is 35.5. The van der Waals surface area contributed by atoms with Gasteiger partial charge in [0.1, 0.15) is 12.4 Å². The molecule has 2 heteroatoms. The second-order valence-electron chi connectivity index (χ2n) is 2.88. The van der Waals surface area contributed by atoms with Crippen molar-refractivity contribution in [3.05, 3.63) is 35.4 Å². The van der Waals surface area contributed by atoms with Crippen molar-refractivity contribution < 1.29 is 4.74 Å². The predicted molar refractivity (Wildman–Crippen MR) is 50.4 cm³/mol. The molecular weight excluding hydrogens is 172 g/mol. The Morgan fingerprint density at radius 1 is 1.33 bits per heavy atom. The summed E-state index contributed by atoms with van der Waals surface area (Å²) in [6.45, 7) is 2.59. The van der Waals surface area contributed by atoms with Crippen molar-refractivity contribution in [3.8, 4) is 5.75 Å². The minimum atomic E-state index is 0.607. The van der Waals surface area contributed by atoms with E-state index in [1.165, 1.54) is 0 Å². The lowest BCUT2D eigenvalue weighted by Crippen LogP contribution is -2.06. The average molecular weight is 181 g/mol. The van der Waals surface area contributed by atoms with Crippen molar-refractivity contribution in [2.24, 2.45) is 0 Å². The summed E-state index contributed by atoms with van der Waals surface area (Å²) in [7, 11) is 0. The monoisotopic (exact) mass is 180 g/mol. The van der Waals surface area contributed by atoms with Gasteiger partial charge in [-0.1, -0.05) is 23.7 Å². The molecule has 0 atom stereocenters. The molecule has 0 aromatic heterocycles. The summed E-state index contributed by atoms with van der Waals surface area (Å²) < 4.78 is 5.46. The molecule has 0 bridgehead atoms. The first-order chi connectivity index (χ1) is 5.79. The molecule has 0 amide bonds. The van der Waals surface area contributed by atoms with Crippen molar-refractivity contribution in [1.29, 1.82) is 0 Å². The van der Waals surface area contributed by atoms with Crippen LogP contribution in [0.3, 0.4) is 0 Å². The molecule has 1 aromatic rings. The highest BCUT2D eigenvalue weighted by Crippen LogP contribution is 2.34. The van der Waals surface area contributed by atoms with Gasteiger partial charge < -0.3 is 4.74 Å². The van der Waals surface area contributed by atoms with E-state index in [9.17, 15) is 0 Å². The minimum Gasteiger partial charge on any atom is -0.489 e. The van der Waals surface area contributed by atoms with Crippen LogP contribution in [-0.2, 0) is 0 Å². The number of hydrogen-bond donors (Lipinski definition) is 0. The van der Waals surface area contributed by atoms with E-state index in [0.717, 1.165) is 21.9 Å². The lowest BCUT2D eigenvalue weighted by atomic mass is 10.1. The molecule has 0 N–H and O–H groups in total. The molecule has 1 aliphatic heterocycles. The Morgan fingerprint density at radius 3 is 2.92 bits per heavy atom. The van der Waals surface area contributed by atoms with E-state index in [1.54, 1.807) is 0 Å². The maximum absolute atomic E-state index is 6.10. The minimum absolute atomic E-state index is 0.607. The molecule has 62 valence electrons. The second-order valence-corrected chi connectivity index (χ2v) is 3.26. The molecule has 1 heterocycles. The maximum Gasteiger partial charge on any atom is 0.128 e. The molecule has 1 nitrogen and oxygen atoms in total. The van der Waals surface area contributed by atoms with E-state index in [-0.39, 0.29) is 0 Å². The Hall–Kier alpha value is -0.950. The highest BCUT2D eigenvalue weighted by Gasteiger charge is 2.14. The number of hydrogen-bond acceptors (Lipinski definition) is 1. The van der Waals surface area contributed by atoms with E-state index < -0.39 is 0 Å². The van der Waals surface area contributed by atoms with Crippen LogP contribution in [0.1, 0.15) is 12.5 Å². The van der Waals surface area contributed by atoms with E-state index in [4.69, 9.17) is 16.3 Å². The van der Waals surface area contributed by atoms with Crippen molar-refractivity contribution in [2.45, 2.75) is 6.92 Å². The van der Waals surface area contributed by atoms with Crippen molar-refractivity contribution in [3.63, 3.8) is 0 Å². The van der Waals surface area contributed by atoms with E-state index in [1.807, 2.05) is 31.2 Å². The summed E-state index contributed by atoms with van der Waals surface area (Å²) in [5.41, 5.74) is 2.10. The van der Waals surface area contributed by atoms with Gasteiger partial charge in [0, 0.05) is 5.56 Å². The summed E-state index contributed by atoms with van der Waals surface area (Å²) in [5, 5.41) is 0.830. The third kappa shape index (κ3) is 1.10. The number of ether oxygens (including phenoxy) is 1. The zero-order chi connectivity index (χ0) is 8.55. The van der Waals surface area contributed by atoms with Crippen molar-refractivity contribution in [1.82, 2.24) is 0 Å². The molecule has 0 saturated heterocycles. The van der Waals surface area contributed by atoms with Gasteiger partial charge in [-0.25, -0.2) is 0 Å². The fourth-order valence-electron chi connectivity index (χ4n) is 1.25. The number of halogens is 1. The van der Waals surface area contributed by atoms with Crippen LogP contribution in [0.5, 0.6) is 5.75 Å². The topological polar surface area (TPSA) is 9.23 Å². The summed E-state index contributed by atoms with van der Waals surface area (Å²) in [4.78, 5) is 0. The van der Waals surface area contributed by atoms with Gasteiger partial charge in [0.25, 0.3) is 0 Å². The summed E-state index contributed by atoms with van der Waals surface area (Å²) >= 11 is 6.10. The molecular formula is C10H9ClO. The Balaban J connectivity index is 2.59. The van der Waals surface area contributed by atoms with Crippen molar-refractivity contribution in [2.75, 3.05) is 6.61 Å². The van der Waals surface area contributed by atoms with E-state index in [0.29, 0.717) is 6.61 Å². The van der Waals surface area contributed by atoms with Crippen LogP contribution in [-0.4, -0.2) is 6.61 Å². The first-order valence-corrected chi connectivity index (χ1v) is 4.24. The predicted octanol–water partition coefficient (Wildman–Crippen LogP) is 3.05. The molecule has 0 saturated carbocycles. The van der Waals surface area contributed by atoms with Crippen LogP contribution < -0.4 is 4.74 Å². The molecule has 0 radical (unpaired) electrons. The Bertz CT molecular complexity index is 341. The van der Waals surface area contributed by atoms with E-state index >= 15 is 0 Å². The molecule has 1 aromatic carbocycles. The number of rotatable bonds is 0. The van der Waals surface area contributed by atoms with E-state index in [2.05, 4.69) is 0 Å². The summed E-state index contributed by atoms with van der Waals surface area (Å²) in [6.07, 6.45) is 0. The molecule has 2 rings (SSSR count). The largest absolute Gasteiger partial charge is 0.489 e. The van der Waals surface area contributed by atoms with Gasteiger partial charge in [0.2, 0.25) is 0 Å². The van der Waals surface area contributed by atoms with Gasteiger partial charge in [-0.2, -0.15) is 0 Å². The summed E-state index contributed by atoms with van der Waals surface area (Å²) in [5.74, 6) is 0.883. The average Bonchev–Trinajstić information content (AvgIpc) is 2.12. The lowest BCUT2D eigenvalue weighted by molar-refractivity contribution is 0.347. The van der Waals surface area contributed by atoms with Gasteiger partial charge in [0.05, 0.1) is 5.03 Å². The standard InChI is InChI=1S/C10H9ClO/c1-7-6-12-9-5-3-2-4-8(9)10(7)11/h2-5H,6H2,1H3. The van der Waals surface area contributed by atoms with Crippen LogP contribution in [0.4, 0.5) is 0 Å². The normalized spacial score (nSPS) is 15.5. The first kappa shape index (κ1) is 7.69. The van der Waals surface area contributed by atoms with Crippen LogP contribution in [0.2, 0.25) is 0 Å². The second kappa shape index (κ2) is 2.83. The fourth-order valence-corrected chi connectivity index (χ4v) is 1.46. The smallest absolute Gasteiger partial charge is 0.128 e. The first-order valence-electron chi connectivity index (χ1n) is 3.86. The quantitative estimate of drug-likeness (QED) is 0.596. The number of benzene rings is 1. The number of fused-ring (bicyclic) bond motifs is 1. The van der Waals surface area contributed by atoms with Crippen LogP contribution >= 0.6 is 11.6 Å². The SMILES string of the molecule is CC1=C(Cl)c2ccccc2OC1. The third-order valence-corrected chi connectivity index (χ3v) is 2.47. The van der Waals surface area contributed by atoms with Gasteiger partial charge in [-0.05, 0) is 24.6 Å². The van der Waals surface area contributed by atoms with Gasteiger partial charge in [0.15, 0.2) is 0 Å². The van der Waals surface area contributed by atoms with Crippen molar-refractivity contribution >= 4 is 16.6 Å². The Morgan fingerprint density at radius 2 is 2.08 bits per heavy atom. The molecule has 0 spiro atoms. The molecule has 12 heavy (non-hydrogen) atoms. The highest BCUT2D eigenvalue weighted by molar-refractivity contribution is 6.49. The Labute approximate surface area is 76.6 Å². The van der Waals surface area contributed by atoms with Crippen LogP contribution in [0, 0.1) is 0 Å². The molecule has 1 aliphatic rings. The molecule has 0 aliphatic carbocycles. The van der Waals surface area contributed by atoms with Crippen LogP contribution in [0.25, 0.3) is 5.03 Å². The molecule has 0 fully saturated rings. The fraction of sp³-hybridized carbons (Fsp3) is 0.200. The van der Waals surface area contributed by atoms with Crippen LogP contribution in [0.15, 0.2) is 29.8 Å². The Kier molecular flexibility index (Phi) is 1.81. The summed E-state index contributed by atoms with van der Waals surface area (Å²) in [6, 6.07) is 7.82. The van der Waals surface area contributed by atoms with Gasteiger partial charge in [-0.15, -0.1) is 0 Å². The van der Waals surface area contributed by atoms with Gasteiger partial charge >= 0.3 is 0 Å². The third-order valence-electron chi connectivity index (χ3n) is 1.94. The maximum atomic E-state index is 6.10. The zero-order valence-corrected chi connectivity index (χ0v) is 7.56. The molecule has 0 unspecified atom stereocenters.